The van der Waals surface area contributed by atoms with E-state index in [-0.39, 0.29) is 0 Å². The first-order valence-electron chi connectivity index (χ1n) is 9.66. The van der Waals surface area contributed by atoms with Crippen molar-refractivity contribution in [3.05, 3.63) is 64.2 Å². The molecule has 4 nitrogen and oxygen atoms in total. The first kappa shape index (κ1) is 19.9. The summed E-state index contributed by atoms with van der Waals surface area (Å²) in [6, 6.07) is 12.8. The normalized spacial score (nSPS) is 17.1. The molecule has 146 valence electrons. The molecule has 0 saturated carbocycles. The van der Waals surface area contributed by atoms with Gasteiger partial charge in [-0.15, -0.1) is 0 Å². The van der Waals surface area contributed by atoms with Crippen LogP contribution in [0.3, 0.4) is 0 Å². The van der Waals surface area contributed by atoms with Gasteiger partial charge >= 0.3 is 0 Å². The Balaban J connectivity index is 1.82. The van der Waals surface area contributed by atoms with E-state index in [9.17, 15) is 5.11 Å². The molecule has 0 saturated heterocycles. The van der Waals surface area contributed by atoms with Crippen molar-refractivity contribution in [2.75, 3.05) is 33.8 Å². The van der Waals surface area contributed by atoms with Crippen LogP contribution in [0, 0.1) is 13.8 Å². The smallest absolute Gasteiger partial charge is 0.123 e. The van der Waals surface area contributed by atoms with Crippen molar-refractivity contribution >= 4 is 0 Å². The van der Waals surface area contributed by atoms with Gasteiger partial charge in [0.15, 0.2) is 0 Å². The van der Waals surface area contributed by atoms with Gasteiger partial charge in [-0.25, -0.2) is 0 Å². The van der Waals surface area contributed by atoms with Crippen molar-refractivity contribution in [1.82, 2.24) is 9.80 Å². The van der Waals surface area contributed by atoms with Crippen molar-refractivity contribution in [2.45, 2.75) is 39.5 Å². The number of rotatable bonds is 5. The van der Waals surface area contributed by atoms with Crippen molar-refractivity contribution in [2.24, 2.45) is 0 Å². The molecule has 1 atom stereocenters. The van der Waals surface area contributed by atoms with Crippen LogP contribution in [0.2, 0.25) is 0 Å². The zero-order chi connectivity index (χ0) is 19.6. The molecule has 0 amide bonds. The van der Waals surface area contributed by atoms with Gasteiger partial charge in [0, 0.05) is 31.7 Å². The molecule has 1 aliphatic heterocycles. The summed E-state index contributed by atoms with van der Waals surface area (Å²) < 4.78 is 5.98. The van der Waals surface area contributed by atoms with E-state index in [1.54, 1.807) is 0 Å². The molecule has 1 aliphatic rings. The zero-order valence-electron chi connectivity index (χ0n) is 17.2. The number of fused-ring (bicyclic) bond motifs is 1. The van der Waals surface area contributed by atoms with Crippen molar-refractivity contribution in [3.63, 3.8) is 0 Å². The fraction of sp³-hybridized carbons (Fsp3) is 0.478. The average molecular weight is 369 g/mol. The maximum Gasteiger partial charge on any atom is 0.123 e. The number of benzene rings is 2. The van der Waals surface area contributed by atoms with Crippen LogP contribution < -0.4 is 4.74 Å². The molecule has 3 rings (SSSR count). The number of nitrogens with zero attached hydrogens (tertiary/aromatic N) is 2. The number of aryl methyl sites for hydroxylation is 2. The van der Waals surface area contributed by atoms with Crippen LogP contribution in [0.5, 0.6) is 5.75 Å². The number of aliphatic hydroxyl groups is 1. The molecule has 4 heteroatoms. The zero-order valence-corrected chi connectivity index (χ0v) is 17.2. The lowest BCUT2D eigenvalue weighted by Crippen LogP contribution is -2.34. The fourth-order valence-corrected chi connectivity index (χ4v) is 3.89. The van der Waals surface area contributed by atoms with Gasteiger partial charge in [0.05, 0.1) is 5.60 Å². The Morgan fingerprint density at radius 1 is 1.15 bits per heavy atom. The summed E-state index contributed by atoms with van der Waals surface area (Å²) in [6.45, 7) is 10.1. The SMILES string of the molecule is Cc1ccc(CN2CCOc3ccc([C@@](C)(O)CN(C)C)cc3C2)c(C)c1. The third-order valence-electron chi connectivity index (χ3n) is 5.26. The molecular weight excluding hydrogens is 336 g/mol. The Labute approximate surface area is 163 Å². The molecule has 27 heavy (non-hydrogen) atoms. The van der Waals surface area contributed by atoms with Gasteiger partial charge in [0.1, 0.15) is 12.4 Å². The second kappa shape index (κ2) is 8.01. The summed E-state index contributed by atoms with van der Waals surface area (Å²) in [5.74, 6) is 0.933. The molecule has 0 radical (unpaired) electrons. The maximum atomic E-state index is 10.9. The lowest BCUT2D eigenvalue weighted by Gasteiger charge is -2.28. The predicted molar refractivity (Wildman–Crippen MR) is 110 cm³/mol. The van der Waals surface area contributed by atoms with E-state index in [2.05, 4.69) is 43.0 Å². The third-order valence-corrected chi connectivity index (χ3v) is 5.26. The minimum atomic E-state index is -0.886. The van der Waals surface area contributed by atoms with E-state index in [1.807, 2.05) is 38.1 Å². The minimum absolute atomic E-state index is 0.582. The summed E-state index contributed by atoms with van der Waals surface area (Å²) in [7, 11) is 3.96. The maximum absolute atomic E-state index is 10.9. The quantitative estimate of drug-likeness (QED) is 0.877. The van der Waals surface area contributed by atoms with Crippen LogP contribution in [-0.4, -0.2) is 48.7 Å². The first-order chi connectivity index (χ1) is 12.7. The second-order valence-corrected chi connectivity index (χ2v) is 8.32. The molecule has 2 aromatic rings. The van der Waals surface area contributed by atoms with E-state index in [1.165, 1.54) is 16.7 Å². The Morgan fingerprint density at radius 2 is 1.93 bits per heavy atom. The number of hydrogen-bond donors (Lipinski definition) is 1. The molecule has 0 aliphatic carbocycles. The van der Waals surface area contributed by atoms with Gasteiger partial charge in [-0.2, -0.15) is 0 Å². The molecule has 1 heterocycles. The van der Waals surface area contributed by atoms with Crippen LogP contribution in [-0.2, 0) is 18.7 Å². The standard InChI is InChI=1S/C23H32N2O2/c1-17-6-7-19(18(2)12-17)14-25-10-11-27-22-9-8-21(13-20(22)15-25)23(3,26)16-24(4)5/h6-9,12-13,26H,10-11,14-16H2,1-5H3/t23-/m0/s1. The van der Waals surface area contributed by atoms with Gasteiger partial charge in [0.2, 0.25) is 0 Å². The molecule has 1 N–H and O–H groups in total. The summed E-state index contributed by atoms with van der Waals surface area (Å²) >= 11 is 0. The van der Waals surface area contributed by atoms with Crippen LogP contribution >= 0.6 is 0 Å². The Kier molecular flexibility index (Phi) is 5.89. The average Bonchev–Trinajstić information content (AvgIpc) is 2.77. The molecule has 2 aromatic carbocycles. The second-order valence-electron chi connectivity index (χ2n) is 8.32. The molecule has 0 aromatic heterocycles. The Morgan fingerprint density at radius 3 is 2.63 bits per heavy atom. The van der Waals surface area contributed by atoms with Crippen LogP contribution in [0.1, 0.15) is 34.7 Å². The van der Waals surface area contributed by atoms with E-state index < -0.39 is 5.60 Å². The monoisotopic (exact) mass is 368 g/mol. The van der Waals surface area contributed by atoms with Crippen molar-refractivity contribution < 1.29 is 9.84 Å². The van der Waals surface area contributed by atoms with Gasteiger partial charge in [-0.3, -0.25) is 4.90 Å². The fourth-order valence-electron chi connectivity index (χ4n) is 3.89. The highest BCUT2D eigenvalue weighted by Crippen LogP contribution is 2.30. The largest absolute Gasteiger partial charge is 0.492 e. The van der Waals surface area contributed by atoms with E-state index in [0.717, 1.165) is 36.5 Å². The summed E-state index contributed by atoms with van der Waals surface area (Å²) in [5, 5.41) is 10.9. The number of likely N-dealkylation sites (N-methyl/N-ethyl adjacent to an activating group) is 1. The highest BCUT2D eigenvalue weighted by atomic mass is 16.5. The van der Waals surface area contributed by atoms with Crippen LogP contribution in [0.15, 0.2) is 36.4 Å². The predicted octanol–water partition coefficient (Wildman–Crippen LogP) is 3.47. The molecule has 0 bridgehead atoms. The van der Waals surface area contributed by atoms with Gasteiger partial charge < -0.3 is 14.7 Å². The molecular formula is C23H32N2O2. The minimum Gasteiger partial charge on any atom is -0.492 e. The van der Waals surface area contributed by atoms with Crippen molar-refractivity contribution in [1.29, 1.82) is 0 Å². The summed E-state index contributed by atoms with van der Waals surface area (Å²) in [4.78, 5) is 4.43. The summed E-state index contributed by atoms with van der Waals surface area (Å²) in [6.07, 6.45) is 0. The molecule has 0 fully saturated rings. The van der Waals surface area contributed by atoms with Crippen LogP contribution in [0.4, 0.5) is 0 Å². The Hall–Kier alpha value is -1.88. The van der Waals surface area contributed by atoms with Gasteiger partial charge in [-0.1, -0.05) is 29.8 Å². The first-order valence-corrected chi connectivity index (χ1v) is 9.66. The Bertz CT molecular complexity index is 799. The van der Waals surface area contributed by atoms with E-state index >= 15 is 0 Å². The lowest BCUT2D eigenvalue weighted by atomic mass is 9.93. The molecule has 0 unspecified atom stereocenters. The highest BCUT2D eigenvalue weighted by molar-refractivity contribution is 5.40. The van der Waals surface area contributed by atoms with Gasteiger partial charge in [-0.05, 0) is 63.7 Å². The summed E-state index contributed by atoms with van der Waals surface area (Å²) in [5.41, 5.74) is 5.19. The topological polar surface area (TPSA) is 35.9 Å². The highest BCUT2D eigenvalue weighted by Gasteiger charge is 2.26. The molecule has 0 spiro atoms. The van der Waals surface area contributed by atoms with Gasteiger partial charge in [0.25, 0.3) is 0 Å². The van der Waals surface area contributed by atoms with E-state index in [4.69, 9.17) is 4.74 Å². The van der Waals surface area contributed by atoms with E-state index in [0.29, 0.717) is 13.2 Å². The van der Waals surface area contributed by atoms with Crippen molar-refractivity contribution in [3.8, 4) is 5.75 Å². The lowest BCUT2D eigenvalue weighted by molar-refractivity contribution is 0.0299. The number of hydrogen-bond acceptors (Lipinski definition) is 4. The third kappa shape index (κ3) is 4.89. The number of ether oxygens (including phenoxy) is 1. The van der Waals surface area contributed by atoms with Crippen LogP contribution in [0.25, 0.3) is 0 Å².